The quantitative estimate of drug-likeness (QED) is 0.503. The van der Waals surface area contributed by atoms with Crippen LogP contribution in [0.1, 0.15) is 10.4 Å². The second-order valence-electron chi connectivity index (χ2n) is 6.13. The van der Waals surface area contributed by atoms with Gasteiger partial charge in [0.25, 0.3) is 5.91 Å². The van der Waals surface area contributed by atoms with Crippen LogP contribution in [-0.2, 0) is 0 Å². The first-order valence-corrected chi connectivity index (χ1v) is 8.93. The Balaban J connectivity index is 1.64. The number of H-pyrrole nitrogens is 1. The van der Waals surface area contributed by atoms with Crippen molar-refractivity contribution in [2.75, 3.05) is 23.3 Å². The fraction of sp³-hybridized carbons (Fsp3) is 0.176. The molecule has 1 fully saturated rings. The van der Waals surface area contributed by atoms with Gasteiger partial charge in [0.15, 0.2) is 0 Å². The van der Waals surface area contributed by atoms with Crippen molar-refractivity contribution in [3.05, 3.63) is 47.0 Å². The zero-order chi connectivity index (χ0) is 19.0. The summed E-state index contributed by atoms with van der Waals surface area (Å²) in [6.45, 7) is 1.07. The van der Waals surface area contributed by atoms with Gasteiger partial charge in [-0.15, -0.1) is 0 Å². The number of carboxylic acid groups (broad SMARTS) is 1. The van der Waals surface area contributed by atoms with Gasteiger partial charge in [0, 0.05) is 37.9 Å². The zero-order valence-electron chi connectivity index (χ0n) is 13.9. The summed E-state index contributed by atoms with van der Waals surface area (Å²) in [5.41, 5.74) is 2.53. The lowest BCUT2D eigenvalue weighted by atomic mass is 10.1. The van der Waals surface area contributed by atoms with Crippen LogP contribution in [0.4, 0.5) is 16.2 Å². The van der Waals surface area contributed by atoms with Crippen molar-refractivity contribution < 1.29 is 14.7 Å². The van der Waals surface area contributed by atoms with Crippen molar-refractivity contribution in [3.8, 4) is 0 Å². The Kier molecular flexibility index (Phi) is 4.40. The summed E-state index contributed by atoms with van der Waals surface area (Å²) in [6.07, 6.45) is 5.43. The number of halogens is 1. The van der Waals surface area contributed by atoms with Crippen molar-refractivity contribution >= 4 is 50.3 Å². The maximum absolute atomic E-state index is 12.5. The first kappa shape index (κ1) is 17.3. The summed E-state index contributed by atoms with van der Waals surface area (Å²) in [7, 11) is 0. The zero-order valence-corrected chi connectivity index (χ0v) is 15.5. The molecule has 0 radical (unpaired) electrons. The summed E-state index contributed by atoms with van der Waals surface area (Å²) in [6, 6.07) is 3.25. The molecule has 4 heterocycles. The van der Waals surface area contributed by atoms with Gasteiger partial charge in [0.05, 0.1) is 32.8 Å². The Morgan fingerprint density at radius 2 is 2.15 bits per heavy atom. The van der Waals surface area contributed by atoms with Gasteiger partial charge in [-0.2, -0.15) is 0 Å². The van der Waals surface area contributed by atoms with Crippen LogP contribution in [0.2, 0.25) is 0 Å². The van der Waals surface area contributed by atoms with E-state index in [1.807, 2.05) is 4.90 Å². The Labute approximate surface area is 161 Å². The molecule has 3 aromatic rings. The summed E-state index contributed by atoms with van der Waals surface area (Å²) in [5, 5.41) is 15.0. The van der Waals surface area contributed by atoms with Crippen molar-refractivity contribution in [1.29, 1.82) is 0 Å². The van der Waals surface area contributed by atoms with Gasteiger partial charge in [-0.25, -0.2) is 9.78 Å². The van der Waals surface area contributed by atoms with Gasteiger partial charge >= 0.3 is 6.09 Å². The summed E-state index contributed by atoms with van der Waals surface area (Å²) in [4.78, 5) is 36.7. The van der Waals surface area contributed by atoms with E-state index in [4.69, 9.17) is 5.11 Å². The molecule has 0 unspecified atom stereocenters. The number of carbonyl (C=O) groups excluding carboxylic acids is 1. The molecular weight excluding hydrogens is 416 g/mol. The average molecular weight is 431 g/mol. The first-order chi connectivity index (χ1) is 13.0. The topological polar surface area (TPSA) is 123 Å². The summed E-state index contributed by atoms with van der Waals surface area (Å²) < 4.78 is 0.764. The van der Waals surface area contributed by atoms with Gasteiger partial charge in [-0.05, 0) is 28.1 Å². The van der Waals surface area contributed by atoms with E-state index in [9.17, 15) is 9.59 Å². The fourth-order valence-electron chi connectivity index (χ4n) is 3.08. The Bertz CT molecular complexity index is 1020. The van der Waals surface area contributed by atoms with E-state index in [0.29, 0.717) is 30.0 Å². The van der Waals surface area contributed by atoms with Gasteiger partial charge in [0.1, 0.15) is 5.65 Å². The molecule has 1 aliphatic rings. The summed E-state index contributed by atoms with van der Waals surface area (Å²) >= 11 is 3.52. The standard InChI is InChI=1S/C17H15BrN6O3/c18-11-5-20-15-13(14(11)24-7-10(8-24)22-17(26)27)12(6-21-15)23-16(25)9-2-1-3-19-4-9/h1-6,10,22H,7-8H2,(H,20,21)(H,23,25)(H,26,27). The molecule has 138 valence electrons. The van der Waals surface area contributed by atoms with Crippen LogP contribution in [0.25, 0.3) is 11.0 Å². The van der Waals surface area contributed by atoms with Crippen LogP contribution in [0.5, 0.6) is 0 Å². The van der Waals surface area contributed by atoms with E-state index < -0.39 is 6.09 Å². The Morgan fingerprint density at radius 1 is 1.33 bits per heavy atom. The van der Waals surface area contributed by atoms with E-state index >= 15 is 0 Å². The molecule has 4 N–H and O–H groups in total. The molecule has 0 bridgehead atoms. The monoisotopic (exact) mass is 430 g/mol. The predicted molar refractivity (Wildman–Crippen MR) is 103 cm³/mol. The number of nitrogens with zero attached hydrogens (tertiary/aromatic N) is 3. The number of hydrogen-bond donors (Lipinski definition) is 4. The molecule has 9 nitrogen and oxygen atoms in total. The van der Waals surface area contributed by atoms with Gasteiger partial charge in [-0.3, -0.25) is 9.78 Å². The number of nitrogens with one attached hydrogen (secondary N) is 3. The molecule has 4 rings (SSSR count). The molecule has 0 saturated carbocycles. The SMILES string of the molecule is O=C(O)NC1CN(c2c(Br)cnc3[nH]cc(NC(=O)c4cccnc4)c23)C1. The smallest absolute Gasteiger partial charge is 0.405 e. The molecule has 3 aromatic heterocycles. The number of rotatable bonds is 4. The number of carbonyl (C=O) groups is 2. The second kappa shape index (κ2) is 6.88. The Morgan fingerprint density at radius 3 is 2.85 bits per heavy atom. The van der Waals surface area contributed by atoms with Crippen LogP contribution < -0.4 is 15.5 Å². The molecule has 0 spiro atoms. The number of pyridine rings is 2. The van der Waals surface area contributed by atoms with Gasteiger partial charge < -0.3 is 25.6 Å². The van der Waals surface area contributed by atoms with E-state index in [-0.39, 0.29) is 11.9 Å². The third kappa shape index (κ3) is 3.31. The highest BCUT2D eigenvalue weighted by molar-refractivity contribution is 9.10. The minimum atomic E-state index is -1.04. The molecule has 10 heteroatoms. The van der Waals surface area contributed by atoms with Gasteiger partial charge in [-0.1, -0.05) is 0 Å². The minimum absolute atomic E-state index is 0.134. The van der Waals surface area contributed by atoms with Crippen molar-refractivity contribution in [2.45, 2.75) is 6.04 Å². The van der Waals surface area contributed by atoms with Gasteiger partial charge in [0.2, 0.25) is 0 Å². The number of aromatic nitrogens is 3. The highest BCUT2D eigenvalue weighted by Crippen LogP contribution is 2.39. The third-order valence-electron chi connectivity index (χ3n) is 4.33. The third-order valence-corrected chi connectivity index (χ3v) is 4.91. The molecule has 0 aliphatic carbocycles. The molecule has 0 atom stereocenters. The molecule has 2 amide bonds. The van der Waals surface area contributed by atoms with Crippen LogP contribution in [-0.4, -0.2) is 51.2 Å². The predicted octanol–water partition coefficient (Wildman–Crippen LogP) is 2.43. The highest BCUT2D eigenvalue weighted by atomic mass is 79.9. The van der Waals surface area contributed by atoms with Crippen LogP contribution in [0.15, 0.2) is 41.4 Å². The van der Waals surface area contributed by atoms with E-state index in [1.165, 1.54) is 6.20 Å². The maximum atomic E-state index is 12.5. The largest absolute Gasteiger partial charge is 0.465 e. The second-order valence-corrected chi connectivity index (χ2v) is 6.98. The average Bonchev–Trinajstić information content (AvgIpc) is 3.02. The number of hydrogen-bond acceptors (Lipinski definition) is 5. The first-order valence-electron chi connectivity index (χ1n) is 8.14. The number of anilines is 2. The number of aromatic amines is 1. The minimum Gasteiger partial charge on any atom is -0.465 e. The molecule has 27 heavy (non-hydrogen) atoms. The number of fused-ring (bicyclic) bond motifs is 1. The van der Waals surface area contributed by atoms with Crippen molar-refractivity contribution in [1.82, 2.24) is 20.3 Å². The summed E-state index contributed by atoms with van der Waals surface area (Å²) in [5.74, 6) is -0.274. The van der Waals surface area contributed by atoms with Crippen LogP contribution >= 0.6 is 15.9 Å². The molecule has 1 saturated heterocycles. The normalized spacial score (nSPS) is 14.0. The van der Waals surface area contributed by atoms with E-state index in [1.54, 1.807) is 30.7 Å². The van der Waals surface area contributed by atoms with Crippen molar-refractivity contribution in [2.24, 2.45) is 0 Å². The molecule has 1 aliphatic heterocycles. The fourth-order valence-corrected chi connectivity index (χ4v) is 3.63. The van der Waals surface area contributed by atoms with Crippen molar-refractivity contribution in [3.63, 3.8) is 0 Å². The highest BCUT2D eigenvalue weighted by Gasteiger charge is 2.31. The molecular formula is C17H15BrN6O3. The lowest BCUT2D eigenvalue weighted by molar-refractivity contribution is 0.102. The van der Waals surface area contributed by atoms with Crippen LogP contribution in [0.3, 0.4) is 0 Å². The van der Waals surface area contributed by atoms with Crippen LogP contribution in [0, 0.1) is 0 Å². The maximum Gasteiger partial charge on any atom is 0.405 e. The Hall–Kier alpha value is -3.14. The lowest BCUT2D eigenvalue weighted by Gasteiger charge is -2.41. The lowest BCUT2D eigenvalue weighted by Crippen LogP contribution is -2.59. The van der Waals surface area contributed by atoms with E-state index in [0.717, 1.165) is 15.5 Å². The molecule has 0 aromatic carbocycles. The number of amides is 2. The van der Waals surface area contributed by atoms with E-state index in [2.05, 4.69) is 41.5 Å².